The van der Waals surface area contributed by atoms with Crippen LogP contribution in [0.2, 0.25) is 0 Å². The number of ether oxygens (including phenoxy) is 1. The highest BCUT2D eigenvalue weighted by Gasteiger charge is 2.35. The van der Waals surface area contributed by atoms with Gasteiger partial charge >= 0.3 is 0 Å². The second-order valence-electron chi connectivity index (χ2n) is 7.88. The quantitative estimate of drug-likeness (QED) is 0.555. The van der Waals surface area contributed by atoms with E-state index >= 15 is 0 Å². The summed E-state index contributed by atoms with van der Waals surface area (Å²) in [6.45, 7) is 3.96. The maximum Gasteiger partial charge on any atom is 0.262 e. The van der Waals surface area contributed by atoms with Gasteiger partial charge in [-0.3, -0.25) is 14.4 Å². The van der Waals surface area contributed by atoms with Gasteiger partial charge in [0.25, 0.3) is 5.91 Å². The van der Waals surface area contributed by atoms with Gasteiger partial charge < -0.3 is 25.4 Å². The Labute approximate surface area is 187 Å². The van der Waals surface area contributed by atoms with E-state index in [0.717, 1.165) is 6.42 Å². The highest BCUT2D eigenvalue weighted by atomic mass is 16.5. The molecular weight excluding hydrogens is 410 g/mol. The number of aliphatic hydroxyl groups excluding tert-OH is 1. The maximum absolute atomic E-state index is 12.4. The number of anilines is 2. The molecule has 0 bridgehead atoms. The second-order valence-corrected chi connectivity index (χ2v) is 7.88. The second kappa shape index (κ2) is 10.8. The lowest BCUT2D eigenvalue weighted by Crippen LogP contribution is -2.36. The van der Waals surface area contributed by atoms with Crippen LogP contribution >= 0.6 is 0 Å². The number of benzene rings is 2. The lowest BCUT2D eigenvalue weighted by Gasteiger charge is -2.17. The van der Waals surface area contributed by atoms with Crippen molar-refractivity contribution in [3.05, 3.63) is 54.1 Å². The van der Waals surface area contributed by atoms with Gasteiger partial charge in [0.05, 0.1) is 12.0 Å². The van der Waals surface area contributed by atoms with E-state index in [1.54, 1.807) is 36.1 Å². The number of carbonyl (C=O) groups is 3. The molecule has 170 valence electrons. The van der Waals surface area contributed by atoms with Crippen LogP contribution in [0.4, 0.5) is 11.4 Å². The van der Waals surface area contributed by atoms with Gasteiger partial charge in [-0.15, -0.1) is 0 Å². The molecule has 0 spiro atoms. The predicted octanol–water partition coefficient (Wildman–Crippen LogP) is 2.12. The lowest BCUT2D eigenvalue weighted by atomic mass is 10.1. The van der Waals surface area contributed by atoms with E-state index in [-0.39, 0.29) is 43.8 Å². The van der Waals surface area contributed by atoms with Gasteiger partial charge in [-0.25, -0.2) is 0 Å². The Morgan fingerprint density at radius 1 is 1.16 bits per heavy atom. The predicted molar refractivity (Wildman–Crippen MR) is 122 cm³/mol. The number of amides is 3. The van der Waals surface area contributed by atoms with Crippen molar-refractivity contribution in [1.82, 2.24) is 5.32 Å². The molecule has 0 aliphatic carbocycles. The SMILES string of the molecule is CCc1ccc(NC(=O)COc2ccc(N3C[C@@H](C(=O)NC[C@@H](C)O)CC3=O)cc2)cc1. The van der Waals surface area contributed by atoms with Crippen molar-refractivity contribution >= 4 is 29.1 Å². The molecule has 2 aromatic carbocycles. The molecule has 1 aliphatic heterocycles. The molecule has 8 heteroatoms. The first kappa shape index (κ1) is 23.3. The van der Waals surface area contributed by atoms with E-state index < -0.39 is 12.0 Å². The minimum atomic E-state index is -0.636. The number of nitrogens with zero attached hydrogens (tertiary/aromatic N) is 1. The summed E-state index contributed by atoms with van der Waals surface area (Å²) in [6.07, 6.45) is 0.430. The average Bonchev–Trinajstić information content (AvgIpc) is 3.18. The molecule has 2 aromatic rings. The molecule has 0 unspecified atom stereocenters. The number of nitrogens with one attached hydrogen (secondary N) is 2. The van der Waals surface area contributed by atoms with Crippen LogP contribution in [-0.4, -0.2) is 48.6 Å². The van der Waals surface area contributed by atoms with E-state index in [4.69, 9.17) is 4.74 Å². The molecule has 1 aliphatic rings. The largest absolute Gasteiger partial charge is 0.484 e. The van der Waals surface area contributed by atoms with E-state index in [1.807, 2.05) is 24.3 Å². The number of aliphatic hydroxyl groups is 1. The molecule has 0 saturated carbocycles. The monoisotopic (exact) mass is 439 g/mol. The summed E-state index contributed by atoms with van der Waals surface area (Å²) in [5, 5.41) is 14.7. The number of hydrogen-bond donors (Lipinski definition) is 3. The van der Waals surface area contributed by atoms with Gasteiger partial charge in [0.1, 0.15) is 5.75 Å². The number of carbonyl (C=O) groups excluding carboxylic acids is 3. The van der Waals surface area contributed by atoms with Crippen LogP contribution < -0.4 is 20.3 Å². The Morgan fingerprint density at radius 2 is 1.84 bits per heavy atom. The van der Waals surface area contributed by atoms with E-state index in [1.165, 1.54) is 5.56 Å². The summed E-state index contributed by atoms with van der Waals surface area (Å²) in [4.78, 5) is 38.2. The minimum absolute atomic E-state index is 0.128. The molecule has 2 atom stereocenters. The standard InChI is InChI=1S/C24H29N3O5/c1-3-17-4-6-19(7-5-17)26-22(29)15-32-21-10-8-20(9-11-21)27-14-18(12-23(27)30)24(31)25-13-16(2)28/h4-11,16,18,28H,3,12-15H2,1-2H3,(H,25,31)(H,26,29)/t16-,18+/m1/s1. The first-order valence-electron chi connectivity index (χ1n) is 10.7. The van der Waals surface area contributed by atoms with Crippen molar-refractivity contribution < 1.29 is 24.2 Å². The third kappa shape index (κ3) is 6.31. The van der Waals surface area contributed by atoms with Crippen molar-refractivity contribution in [3.8, 4) is 5.75 Å². The molecule has 3 amide bonds. The highest BCUT2D eigenvalue weighted by molar-refractivity contribution is 6.00. The third-order valence-electron chi connectivity index (χ3n) is 5.23. The molecule has 3 rings (SSSR count). The number of rotatable bonds is 9. The summed E-state index contributed by atoms with van der Waals surface area (Å²) >= 11 is 0. The van der Waals surface area contributed by atoms with Gasteiger partial charge in [0, 0.05) is 30.9 Å². The zero-order valence-electron chi connectivity index (χ0n) is 18.3. The van der Waals surface area contributed by atoms with Crippen LogP contribution in [0.5, 0.6) is 5.75 Å². The maximum atomic E-state index is 12.4. The van der Waals surface area contributed by atoms with Crippen LogP contribution in [0.1, 0.15) is 25.8 Å². The summed E-state index contributed by atoms with van der Waals surface area (Å²) in [6, 6.07) is 14.5. The summed E-state index contributed by atoms with van der Waals surface area (Å²) in [7, 11) is 0. The fourth-order valence-electron chi connectivity index (χ4n) is 3.42. The van der Waals surface area contributed by atoms with Crippen LogP contribution in [0, 0.1) is 5.92 Å². The van der Waals surface area contributed by atoms with E-state index in [2.05, 4.69) is 17.6 Å². The Balaban J connectivity index is 1.49. The smallest absolute Gasteiger partial charge is 0.262 e. The highest BCUT2D eigenvalue weighted by Crippen LogP contribution is 2.27. The molecule has 3 N–H and O–H groups in total. The molecule has 0 aromatic heterocycles. The molecule has 32 heavy (non-hydrogen) atoms. The molecule has 0 radical (unpaired) electrons. The van der Waals surface area contributed by atoms with Crippen molar-refractivity contribution in [2.75, 3.05) is 29.9 Å². The summed E-state index contributed by atoms with van der Waals surface area (Å²) < 4.78 is 5.54. The Hall–Kier alpha value is -3.39. The first-order chi connectivity index (χ1) is 15.4. The first-order valence-corrected chi connectivity index (χ1v) is 10.7. The zero-order chi connectivity index (χ0) is 23.1. The molecule has 8 nitrogen and oxygen atoms in total. The molecule has 1 fully saturated rings. The van der Waals surface area contributed by atoms with Gasteiger partial charge in [0.2, 0.25) is 11.8 Å². The van der Waals surface area contributed by atoms with Gasteiger partial charge in [-0.1, -0.05) is 19.1 Å². The van der Waals surface area contributed by atoms with Gasteiger partial charge in [0.15, 0.2) is 6.61 Å². The Morgan fingerprint density at radius 3 is 2.47 bits per heavy atom. The van der Waals surface area contributed by atoms with Crippen molar-refractivity contribution in [2.24, 2.45) is 5.92 Å². The molecule has 1 saturated heterocycles. The number of hydrogen-bond acceptors (Lipinski definition) is 5. The fourth-order valence-corrected chi connectivity index (χ4v) is 3.42. The zero-order valence-corrected chi connectivity index (χ0v) is 18.3. The van der Waals surface area contributed by atoms with E-state index in [0.29, 0.717) is 17.1 Å². The van der Waals surface area contributed by atoms with Crippen LogP contribution in [0.3, 0.4) is 0 Å². The van der Waals surface area contributed by atoms with Crippen LogP contribution in [-0.2, 0) is 20.8 Å². The fraction of sp³-hybridized carbons (Fsp3) is 0.375. The normalized spacial score (nSPS) is 16.5. The van der Waals surface area contributed by atoms with Crippen molar-refractivity contribution in [3.63, 3.8) is 0 Å². The topological polar surface area (TPSA) is 108 Å². The van der Waals surface area contributed by atoms with Crippen LogP contribution in [0.25, 0.3) is 0 Å². The van der Waals surface area contributed by atoms with Crippen LogP contribution in [0.15, 0.2) is 48.5 Å². The van der Waals surface area contributed by atoms with E-state index in [9.17, 15) is 19.5 Å². The Kier molecular flexibility index (Phi) is 7.83. The van der Waals surface area contributed by atoms with Crippen molar-refractivity contribution in [1.29, 1.82) is 0 Å². The van der Waals surface area contributed by atoms with Gasteiger partial charge in [-0.05, 0) is 55.3 Å². The minimum Gasteiger partial charge on any atom is -0.484 e. The average molecular weight is 440 g/mol. The van der Waals surface area contributed by atoms with Gasteiger partial charge in [-0.2, -0.15) is 0 Å². The lowest BCUT2D eigenvalue weighted by molar-refractivity contribution is -0.126. The summed E-state index contributed by atoms with van der Waals surface area (Å²) in [5.41, 5.74) is 2.57. The van der Waals surface area contributed by atoms with Crippen molar-refractivity contribution in [2.45, 2.75) is 32.8 Å². The summed E-state index contributed by atoms with van der Waals surface area (Å²) in [5.74, 6) is -0.587. The molecular formula is C24H29N3O5. The molecule has 1 heterocycles. The third-order valence-corrected chi connectivity index (χ3v) is 5.23. The Bertz CT molecular complexity index is 941. The number of aryl methyl sites for hydroxylation is 1.